The molecule has 4 aliphatic heterocycles. The molecule has 1 unspecified atom stereocenters. The molecule has 0 aromatic heterocycles. The molecule has 4 saturated heterocycles. The number of imide groups is 1. The highest BCUT2D eigenvalue weighted by atomic mass is 16.5. The zero-order valence-electron chi connectivity index (χ0n) is 24.8. The lowest BCUT2D eigenvalue weighted by molar-refractivity contribution is -0.133. The van der Waals surface area contributed by atoms with Gasteiger partial charge in [0, 0.05) is 76.9 Å². The molecule has 43 heavy (non-hydrogen) atoms. The van der Waals surface area contributed by atoms with Gasteiger partial charge in [-0.25, -0.2) is 4.79 Å². The minimum atomic E-state index is -0.937. The molecule has 3 atom stereocenters. The van der Waals surface area contributed by atoms with Crippen LogP contribution < -0.4 is 4.90 Å². The first-order valence-electron chi connectivity index (χ1n) is 15.2. The molecular weight excluding hydrogens is 546 g/mol. The number of ether oxygens (including phenoxy) is 1. The van der Waals surface area contributed by atoms with Crippen LogP contribution in [-0.4, -0.2) is 114 Å². The van der Waals surface area contributed by atoms with E-state index in [0.717, 1.165) is 40.7 Å². The first-order chi connectivity index (χ1) is 20.8. The van der Waals surface area contributed by atoms with Crippen LogP contribution in [-0.2, 0) is 16.1 Å². The molecule has 0 aliphatic carbocycles. The van der Waals surface area contributed by atoms with Crippen LogP contribution in [0, 0.1) is 5.92 Å². The largest absolute Gasteiger partial charge is 0.504 e. The average Bonchev–Trinajstić information content (AvgIpc) is 3.58. The normalized spacial score (nSPS) is 26.0. The smallest absolute Gasteiger partial charge is 0.328 e. The van der Waals surface area contributed by atoms with Crippen LogP contribution in [0.5, 0.6) is 11.5 Å². The van der Waals surface area contributed by atoms with Crippen LogP contribution in [0.4, 0.5) is 10.5 Å². The molecule has 10 heteroatoms. The monoisotopic (exact) mass is 585 g/mol. The first-order valence-corrected chi connectivity index (χ1v) is 15.2. The van der Waals surface area contributed by atoms with Gasteiger partial charge in [-0.05, 0) is 41.1 Å². The summed E-state index contributed by atoms with van der Waals surface area (Å²) in [7, 11) is 4.07. The van der Waals surface area contributed by atoms with Gasteiger partial charge in [-0.2, -0.15) is 0 Å². The molecule has 3 aromatic carbocycles. The molecule has 10 nitrogen and oxygen atoms in total. The Morgan fingerprint density at radius 3 is 2.44 bits per heavy atom. The number of urea groups is 1. The number of phenols is 2. The second-order valence-corrected chi connectivity index (χ2v) is 12.5. The Balaban J connectivity index is 1.24. The van der Waals surface area contributed by atoms with Gasteiger partial charge in [-0.15, -0.1) is 0 Å². The molecule has 4 fully saturated rings. The Bertz CT molecular complexity index is 1570. The molecule has 226 valence electrons. The van der Waals surface area contributed by atoms with E-state index in [9.17, 15) is 19.8 Å². The van der Waals surface area contributed by atoms with Gasteiger partial charge in [0.2, 0.25) is 0 Å². The third kappa shape index (κ3) is 4.51. The van der Waals surface area contributed by atoms with Crippen molar-refractivity contribution in [2.24, 2.45) is 5.92 Å². The van der Waals surface area contributed by atoms with Crippen LogP contribution >= 0.6 is 0 Å². The summed E-state index contributed by atoms with van der Waals surface area (Å²) in [6, 6.07) is 17.0. The number of phenolic OH excluding ortho intramolecular Hbond substituents is 2. The van der Waals surface area contributed by atoms with Crippen molar-refractivity contribution in [1.29, 1.82) is 0 Å². The summed E-state index contributed by atoms with van der Waals surface area (Å²) >= 11 is 0. The number of anilines is 1. The van der Waals surface area contributed by atoms with Crippen molar-refractivity contribution < 1.29 is 24.5 Å². The number of carbonyl (C=O) groups excluding carboxylic acids is 2. The highest BCUT2D eigenvalue weighted by molar-refractivity contribution is 6.09. The molecule has 7 rings (SSSR count). The minimum absolute atomic E-state index is 0.0275. The van der Waals surface area contributed by atoms with Crippen LogP contribution in [0.15, 0.2) is 54.6 Å². The highest BCUT2D eigenvalue weighted by Gasteiger charge is 2.70. The summed E-state index contributed by atoms with van der Waals surface area (Å²) in [6.45, 7) is 5.54. The second kappa shape index (κ2) is 10.7. The summed E-state index contributed by atoms with van der Waals surface area (Å²) < 4.78 is 5.49. The fraction of sp³-hybridized carbons (Fsp3) is 0.455. The quantitative estimate of drug-likeness (QED) is 0.322. The zero-order chi connectivity index (χ0) is 29.9. The number of nitrogens with zero attached hydrogens (tertiary/aromatic N) is 5. The molecule has 4 heterocycles. The lowest BCUT2D eigenvalue weighted by Gasteiger charge is -2.32. The van der Waals surface area contributed by atoms with E-state index in [1.54, 1.807) is 12.1 Å². The average molecular weight is 586 g/mol. The van der Waals surface area contributed by atoms with Crippen LogP contribution in [0.2, 0.25) is 0 Å². The molecule has 0 radical (unpaired) electrons. The van der Waals surface area contributed by atoms with Gasteiger partial charge in [-0.1, -0.05) is 36.4 Å². The van der Waals surface area contributed by atoms with Crippen LogP contribution in [0.3, 0.4) is 0 Å². The van der Waals surface area contributed by atoms with Crippen molar-refractivity contribution in [3.8, 4) is 11.5 Å². The van der Waals surface area contributed by atoms with Gasteiger partial charge in [0.15, 0.2) is 11.5 Å². The van der Waals surface area contributed by atoms with Crippen molar-refractivity contribution >= 4 is 28.4 Å². The number of aromatic hydroxyl groups is 2. The number of morpholine rings is 1. The van der Waals surface area contributed by atoms with Gasteiger partial charge in [0.1, 0.15) is 5.54 Å². The molecular formula is C33H39N5O5. The number of hydrogen-bond acceptors (Lipinski definition) is 8. The number of rotatable bonds is 7. The van der Waals surface area contributed by atoms with E-state index in [-0.39, 0.29) is 35.4 Å². The fourth-order valence-electron chi connectivity index (χ4n) is 7.85. The van der Waals surface area contributed by atoms with Gasteiger partial charge in [0.05, 0.1) is 19.3 Å². The van der Waals surface area contributed by atoms with E-state index >= 15 is 0 Å². The lowest BCUT2D eigenvalue weighted by Crippen LogP contribution is -2.51. The maximum absolute atomic E-state index is 14.5. The standard InChI is InChI=1S/C33H39N5O5/c1-34(2)27-9-8-26(24-5-3-4-6-25(24)27)28-18-23-20-36(19-22-7-10-29(39)30(40)17-22)21-33(23)31(41)37(32(42)38(28)33)12-11-35-13-15-43-16-14-35/h3-10,17,23,28,39-40H,11-16,18-21H2,1-2H3/t23-,28-,33?/m0/s1. The molecule has 1 spiro atoms. The van der Waals surface area contributed by atoms with Crippen molar-refractivity contribution in [3.63, 3.8) is 0 Å². The Morgan fingerprint density at radius 2 is 1.70 bits per heavy atom. The SMILES string of the molecule is CN(C)c1ccc([C@@H]2C[C@H]3CN(Cc4ccc(O)c(O)c4)CC34C(=O)N(CCN3CCOCC3)C(=O)N24)c2ccccc12. The number of fused-ring (bicyclic) bond motifs is 1. The minimum Gasteiger partial charge on any atom is -0.504 e. The van der Waals surface area contributed by atoms with Crippen molar-refractivity contribution in [3.05, 3.63) is 65.7 Å². The van der Waals surface area contributed by atoms with Crippen LogP contribution in [0.1, 0.15) is 23.6 Å². The number of benzene rings is 3. The van der Waals surface area contributed by atoms with E-state index in [1.807, 2.05) is 31.1 Å². The topological polar surface area (TPSA) is 100 Å². The van der Waals surface area contributed by atoms with Crippen molar-refractivity contribution in [2.75, 3.05) is 71.5 Å². The summed E-state index contributed by atoms with van der Waals surface area (Å²) in [6.07, 6.45) is 0.706. The van der Waals surface area contributed by atoms with E-state index in [4.69, 9.17) is 4.74 Å². The Kier molecular flexibility index (Phi) is 6.95. The Labute approximate surface area is 251 Å². The number of carbonyl (C=O) groups is 2. The molecule has 4 aliphatic rings. The highest BCUT2D eigenvalue weighted by Crippen LogP contribution is 2.56. The van der Waals surface area contributed by atoms with E-state index in [0.29, 0.717) is 52.4 Å². The number of amides is 3. The summed E-state index contributed by atoms with van der Waals surface area (Å²) in [5.74, 6) is -0.440. The van der Waals surface area contributed by atoms with E-state index in [1.165, 1.54) is 11.0 Å². The molecule has 3 amide bonds. The second-order valence-electron chi connectivity index (χ2n) is 12.5. The third-order valence-electron chi connectivity index (χ3n) is 9.89. The number of likely N-dealkylation sites (tertiary alicyclic amines) is 1. The molecule has 2 N–H and O–H groups in total. The van der Waals surface area contributed by atoms with Crippen molar-refractivity contribution in [2.45, 2.75) is 24.5 Å². The lowest BCUT2D eigenvalue weighted by atomic mass is 9.87. The Hall–Kier alpha value is -3.86. The van der Waals surface area contributed by atoms with Crippen LogP contribution in [0.25, 0.3) is 10.8 Å². The maximum atomic E-state index is 14.5. The van der Waals surface area contributed by atoms with Gasteiger partial charge < -0.3 is 24.7 Å². The maximum Gasteiger partial charge on any atom is 0.328 e. The molecule has 3 aromatic rings. The molecule has 0 saturated carbocycles. The first kappa shape index (κ1) is 27.9. The third-order valence-corrected chi connectivity index (χ3v) is 9.89. The summed E-state index contributed by atoms with van der Waals surface area (Å²) in [5.41, 5.74) is 2.11. The zero-order valence-corrected chi connectivity index (χ0v) is 24.8. The van der Waals surface area contributed by atoms with Gasteiger partial charge in [-0.3, -0.25) is 19.5 Å². The van der Waals surface area contributed by atoms with E-state index in [2.05, 4.69) is 39.0 Å². The summed E-state index contributed by atoms with van der Waals surface area (Å²) in [4.78, 5) is 38.8. The fourth-order valence-corrected chi connectivity index (χ4v) is 7.85. The molecule has 0 bridgehead atoms. The predicted molar refractivity (Wildman–Crippen MR) is 163 cm³/mol. The van der Waals surface area contributed by atoms with Gasteiger partial charge >= 0.3 is 6.03 Å². The van der Waals surface area contributed by atoms with E-state index < -0.39 is 5.54 Å². The van der Waals surface area contributed by atoms with Crippen molar-refractivity contribution in [1.82, 2.24) is 19.6 Å². The summed E-state index contributed by atoms with van der Waals surface area (Å²) in [5, 5.41) is 22.1. The predicted octanol–water partition coefficient (Wildman–Crippen LogP) is 3.23. The Morgan fingerprint density at radius 1 is 0.930 bits per heavy atom. The van der Waals surface area contributed by atoms with Gasteiger partial charge in [0.25, 0.3) is 5.91 Å². The number of hydrogen-bond donors (Lipinski definition) is 2.